The predicted octanol–water partition coefficient (Wildman–Crippen LogP) is 3.48. The van der Waals surface area contributed by atoms with Crippen LogP contribution in [0.4, 0.5) is 11.4 Å². The fourth-order valence-corrected chi connectivity index (χ4v) is 2.56. The van der Waals surface area contributed by atoms with Gasteiger partial charge >= 0.3 is 0 Å². The lowest BCUT2D eigenvalue weighted by Gasteiger charge is -2.16. The summed E-state index contributed by atoms with van der Waals surface area (Å²) in [5, 5.41) is 5.74. The Labute approximate surface area is 129 Å². The standard InChI is InChI=1S/C18H18N2O2/c1-11-4-6-12(7-5-11)16(21)19-13-8-9-15-14(10-13)18(2,3)17(22)20-15/h4-10H,1-3H3,(H,19,21)(H,20,22). The molecule has 2 aromatic carbocycles. The van der Waals surface area contributed by atoms with Crippen LogP contribution >= 0.6 is 0 Å². The number of nitrogens with one attached hydrogen (secondary N) is 2. The van der Waals surface area contributed by atoms with Gasteiger partial charge in [0.2, 0.25) is 5.91 Å². The summed E-state index contributed by atoms with van der Waals surface area (Å²) in [5.74, 6) is -0.181. The number of amides is 2. The maximum atomic E-state index is 12.3. The molecule has 0 aromatic heterocycles. The first-order chi connectivity index (χ1) is 10.4. The molecule has 4 nitrogen and oxygen atoms in total. The predicted molar refractivity (Wildman–Crippen MR) is 87.2 cm³/mol. The molecule has 1 aliphatic rings. The van der Waals surface area contributed by atoms with Gasteiger partial charge in [0.1, 0.15) is 0 Å². The van der Waals surface area contributed by atoms with Gasteiger partial charge in [0.25, 0.3) is 5.91 Å². The summed E-state index contributed by atoms with van der Waals surface area (Å²) >= 11 is 0. The van der Waals surface area contributed by atoms with Gasteiger partial charge in [-0.05, 0) is 56.7 Å². The second kappa shape index (κ2) is 4.98. The van der Waals surface area contributed by atoms with Gasteiger partial charge in [0.15, 0.2) is 0 Å². The van der Waals surface area contributed by atoms with Crippen LogP contribution in [0.15, 0.2) is 42.5 Å². The number of carbonyl (C=O) groups is 2. The van der Waals surface area contributed by atoms with Crippen molar-refractivity contribution in [3.05, 3.63) is 59.2 Å². The van der Waals surface area contributed by atoms with E-state index in [1.807, 2.05) is 45.0 Å². The number of hydrogen-bond acceptors (Lipinski definition) is 2. The van der Waals surface area contributed by atoms with Gasteiger partial charge in [-0.3, -0.25) is 9.59 Å². The van der Waals surface area contributed by atoms with Crippen LogP contribution < -0.4 is 10.6 Å². The highest BCUT2D eigenvalue weighted by molar-refractivity contribution is 6.07. The molecule has 0 atom stereocenters. The number of aryl methyl sites for hydroxylation is 1. The molecule has 112 valence electrons. The summed E-state index contributed by atoms with van der Waals surface area (Å²) in [6.07, 6.45) is 0. The van der Waals surface area contributed by atoms with Crippen molar-refractivity contribution in [1.82, 2.24) is 0 Å². The summed E-state index contributed by atoms with van der Waals surface area (Å²) in [4.78, 5) is 24.2. The first kappa shape index (κ1) is 14.3. The molecule has 3 rings (SSSR count). The topological polar surface area (TPSA) is 58.2 Å². The Balaban J connectivity index is 1.86. The lowest BCUT2D eigenvalue weighted by Crippen LogP contribution is -2.26. The molecule has 22 heavy (non-hydrogen) atoms. The van der Waals surface area contributed by atoms with Crippen molar-refractivity contribution in [2.45, 2.75) is 26.2 Å². The van der Waals surface area contributed by atoms with Crippen LogP contribution in [0, 0.1) is 6.92 Å². The Bertz CT molecular complexity index is 761. The Morgan fingerprint density at radius 3 is 2.45 bits per heavy atom. The average molecular weight is 294 g/mol. The van der Waals surface area contributed by atoms with E-state index < -0.39 is 5.41 Å². The number of fused-ring (bicyclic) bond motifs is 1. The summed E-state index contributed by atoms with van der Waals surface area (Å²) in [7, 11) is 0. The largest absolute Gasteiger partial charge is 0.325 e. The minimum atomic E-state index is -0.583. The zero-order valence-electron chi connectivity index (χ0n) is 12.9. The van der Waals surface area contributed by atoms with E-state index in [4.69, 9.17) is 0 Å². The molecule has 4 heteroatoms. The molecular formula is C18H18N2O2. The number of rotatable bonds is 2. The van der Waals surface area contributed by atoms with Gasteiger partial charge in [-0.15, -0.1) is 0 Å². The van der Waals surface area contributed by atoms with Crippen molar-refractivity contribution in [3.8, 4) is 0 Å². The van der Waals surface area contributed by atoms with Gasteiger partial charge in [-0.1, -0.05) is 17.7 Å². The van der Waals surface area contributed by atoms with E-state index in [9.17, 15) is 9.59 Å². The minimum Gasteiger partial charge on any atom is -0.325 e. The van der Waals surface area contributed by atoms with Gasteiger partial charge in [0, 0.05) is 16.9 Å². The van der Waals surface area contributed by atoms with Crippen molar-refractivity contribution in [3.63, 3.8) is 0 Å². The van der Waals surface area contributed by atoms with E-state index in [1.165, 1.54) is 0 Å². The summed E-state index contributed by atoms with van der Waals surface area (Å²) < 4.78 is 0. The van der Waals surface area contributed by atoms with E-state index in [1.54, 1.807) is 18.2 Å². The van der Waals surface area contributed by atoms with E-state index in [-0.39, 0.29) is 11.8 Å². The summed E-state index contributed by atoms with van der Waals surface area (Å²) in [6, 6.07) is 12.9. The third-order valence-electron chi connectivity index (χ3n) is 4.08. The van der Waals surface area contributed by atoms with E-state index in [0.717, 1.165) is 16.8 Å². The summed E-state index contributed by atoms with van der Waals surface area (Å²) in [5.41, 5.74) is 3.54. The van der Waals surface area contributed by atoms with Gasteiger partial charge in [-0.25, -0.2) is 0 Å². The van der Waals surface area contributed by atoms with Crippen LogP contribution in [-0.4, -0.2) is 11.8 Å². The highest BCUT2D eigenvalue weighted by Gasteiger charge is 2.38. The number of benzene rings is 2. The zero-order chi connectivity index (χ0) is 15.9. The Kier molecular flexibility index (Phi) is 3.24. The molecule has 0 fully saturated rings. The zero-order valence-corrected chi connectivity index (χ0v) is 12.9. The van der Waals surface area contributed by atoms with Crippen molar-refractivity contribution < 1.29 is 9.59 Å². The van der Waals surface area contributed by atoms with Crippen LogP contribution in [0.1, 0.15) is 35.3 Å². The van der Waals surface area contributed by atoms with Crippen molar-refractivity contribution >= 4 is 23.2 Å². The van der Waals surface area contributed by atoms with Crippen LogP contribution in [0.2, 0.25) is 0 Å². The lowest BCUT2D eigenvalue weighted by atomic mass is 9.86. The third-order valence-corrected chi connectivity index (χ3v) is 4.08. The molecule has 0 aliphatic carbocycles. The smallest absolute Gasteiger partial charge is 0.255 e. The molecule has 1 aliphatic heterocycles. The molecule has 0 bridgehead atoms. The molecule has 0 unspecified atom stereocenters. The Morgan fingerprint density at radius 2 is 1.77 bits per heavy atom. The fourth-order valence-electron chi connectivity index (χ4n) is 2.56. The first-order valence-corrected chi connectivity index (χ1v) is 7.22. The van der Waals surface area contributed by atoms with Gasteiger partial charge in [-0.2, -0.15) is 0 Å². The average Bonchev–Trinajstić information content (AvgIpc) is 2.70. The first-order valence-electron chi connectivity index (χ1n) is 7.22. The number of anilines is 2. The SMILES string of the molecule is Cc1ccc(C(=O)Nc2ccc3c(c2)C(C)(C)C(=O)N3)cc1. The highest BCUT2D eigenvalue weighted by Crippen LogP contribution is 2.38. The molecule has 2 aromatic rings. The van der Waals surface area contributed by atoms with Crippen molar-refractivity contribution in [2.24, 2.45) is 0 Å². The molecule has 0 saturated carbocycles. The van der Waals surface area contributed by atoms with Gasteiger partial charge in [0.05, 0.1) is 5.41 Å². The molecule has 2 amide bonds. The number of hydrogen-bond donors (Lipinski definition) is 2. The normalized spacial score (nSPS) is 15.1. The second-order valence-electron chi connectivity index (χ2n) is 6.16. The molecule has 1 heterocycles. The maximum Gasteiger partial charge on any atom is 0.255 e. The van der Waals surface area contributed by atoms with Gasteiger partial charge < -0.3 is 10.6 Å². The molecular weight excluding hydrogens is 276 g/mol. The van der Waals surface area contributed by atoms with Crippen LogP contribution in [0.3, 0.4) is 0 Å². The molecule has 0 radical (unpaired) electrons. The Morgan fingerprint density at radius 1 is 1.09 bits per heavy atom. The molecule has 2 N–H and O–H groups in total. The van der Waals surface area contributed by atoms with Crippen LogP contribution in [0.25, 0.3) is 0 Å². The monoisotopic (exact) mass is 294 g/mol. The highest BCUT2D eigenvalue weighted by atomic mass is 16.2. The van der Waals surface area contributed by atoms with E-state index in [2.05, 4.69) is 10.6 Å². The summed E-state index contributed by atoms with van der Waals surface area (Å²) in [6.45, 7) is 5.73. The molecule has 0 spiro atoms. The fraction of sp³-hybridized carbons (Fsp3) is 0.222. The van der Waals surface area contributed by atoms with Crippen LogP contribution in [0.5, 0.6) is 0 Å². The van der Waals surface area contributed by atoms with E-state index >= 15 is 0 Å². The number of carbonyl (C=O) groups excluding carboxylic acids is 2. The second-order valence-corrected chi connectivity index (χ2v) is 6.16. The third kappa shape index (κ3) is 2.37. The quantitative estimate of drug-likeness (QED) is 0.891. The van der Waals surface area contributed by atoms with Crippen molar-refractivity contribution in [1.29, 1.82) is 0 Å². The minimum absolute atomic E-state index is 0.0236. The van der Waals surface area contributed by atoms with E-state index in [0.29, 0.717) is 11.3 Å². The lowest BCUT2D eigenvalue weighted by molar-refractivity contribution is -0.119. The maximum absolute atomic E-state index is 12.3. The Hall–Kier alpha value is -2.62. The van der Waals surface area contributed by atoms with Crippen LogP contribution in [-0.2, 0) is 10.2 Å². The molecule has 0 saturated heterocycles. The van der Waals surface area contributed by atoms with Crippen molar-refractivity contribution in [2.75, 3.05) is 10.6 Å².